The summed E-state index contributed by atoms with van der Waals surface area (Å²) < 4.78 is 33.0. The first kappa shape index (κ1) is 19.0. The summed E-state index contributed by atoms with van der Waals surface area (Å²) >= 11 is 0. The van der Waals surface area contributed by atoms with Gasteiger partial charge in [0.05, 0.1) is 11.5 Å². The second kappa shape index (κ2) is 8.64. The van der Waals surface area contributed by atoms with Gasteiger partial charge in [-0.25, -0.2) is 8.42 Å². The average molecular weight is 362 g/mol. The summed E-state index contributed by atoms with van der Waals surface area (Å²) in [7, 11) is -2.36. The van der Waals surface area contributed by atoms with E-state index in [0.717, 1.165) is 5.56 Å². The van der Waals surface area contributed by atoms with E-state index in [-0.39, 0.29) is 11.3 Å². The maximum absolute atomic E-state index is 12.6. The van der Waals surface area contributed by atoms with Crippen LogP contribution in [0.3, 0.4) is 0 Å². The van der Waals surface area contributed by atoms with Crippen molar-refractivity contribution in [3.63, 3.8) is 0 Å². The van der Waals surface area contributed by atoms with Gasteiger partial charge in [-0.3, -0.25) is 4.79 Å². The average Bonchev–Trinajstić information content (AvgIpc) is 2.62. The number of ether oxygens (including phenoxy) is 1. The van der Waals surface area contributed by atoms with Crippen LogP contribution >= 0.6 is 0 Å². The lowest BCUT2D eigenvalue weighted by Gasteiger charge is -2.17. The molecule has 0 saturated heterocycles. The number of hydrogen-bond acceptors (Lipinski definition) is 4. The second-order valence-electron chi connectivity index (χ2n) is 5.38. The van der Waals surface area contributed by atoms with Gasteiger partial charge in [0.25, 0.3) is 0 Å². The van der Waals surface area contributed by atoms with Gasteiger partial charge < -0.3 is 10.1 Å². The maximum Gasteiger partial charge on any atom is 0.241 e. The third-order valence-corrected chi connectivity index (χ3v) is 5.08. The summed E-state index contributed by atoms with van der Waals surface area (Å²) in [6, 6.07) is 14.4. The molecule has 0 aliphatic carbocycles. The van der Waals surface area contributed by atoms with E-state index >= 15 is 0 Å². The van der Waals surface area contributed by atoms with E-state index in [2.05, 4.69) is 10.0 Å². The molecule has 2 N–H and O–H groups in total. The van der Waals surface area contributed by atoms with Crippen molar-refractivity contribution in [3.8, 4) is 5.75 Å². The Hall–Kier alpha value is -2.38. The van der Waals surface area contributed by atoms with E-state index < -0.39 is 22.0 Å². The van der Waals surface area contributed by atoms with Crippen LogP contribution in [0.2, 0.25) is 0 Å². The first-order valence-electron chi connectivity index (χ1n) is 7.97. The molecule has 0 bridgehead atoms. The van der Waals surface area contributed by atoms with Gasteiger partial charge in [0.1, 0.15) is 11.8 Å². The summed E-state index contributed by atoms with van der Waals surface area (Å²) in [4.78, 5) is 12.2. The minimum absolute atomic E-state index is 0.0814. The zero-order chi connectivity index (χ0) is 18.3. The Morgan fingerprint density at radius 2 is 1.72 bits per heavy atom. The maximum atomic E-state index is 12.6. The molecule has 0 heterocycles. The van der Waals surface area contributed by atoms with Gasteiger partial charge >= 0.3 is 0 Å². The molecule has 134 valence electrons. The van der Waals surface area contributed by atoms with Crippen molar-refractivity contribution >= 4 is 15.9 Å². The van der Waals surface area contributed by atoms with Crippen LogP contribution in [0.25, 0.3) is 0 Å². The molecule has 0 unspecified atom stereocenters. The fraction of sp³-hybridized carbons (Fsp3) is 0.278. The Labute approximate surface area is 148 Å². The summed E-state index contributed by atoms with van der Waals surface area (Å²) in [5, 5.41) is 2.50. The van der Waals surface area contributed by atoms with Crippen molar-refractivity contribution in [1.29, 1.82) is 0 Å². The minimum Gasteiger partial charge on any atom is -0.494 e. The van der Waals surface area contributed by atoms with Crippen LogP contribution in [0.5, 0.6) is 5.75 Å². The smallest absolute Gasteiger partial charge is 0.241 e. The number of likely N-dealkylation sites (N-methyl/N-ethyl adjacent to an activating group) is 1. The molecule has 6 nitrogen and oxygen atoms in total. The molecule has 2 rings (SSSR count). The van der Waals surface area contributed by atoms with Crippen molar-refractivity contribution in [2.75, 3.05) is 13.7 Å². The normalized spacial score (nSPS) is 12.4. The topological polar surface area (TPSA) is 84.5 Å². The monoisotopic (exact) mass is 362 g/mol. The van der Waals surface area contributed by atoms with Gasteiger partial charge in [-0.15, -0.1) is 0 Å². The van der Waals surface area contributed by atoms with Gasteiger partial charge in [0.2, 0.25) is 15.9 Å². The molecule has 7 heteroatoms. The molecule has 0 spiro atoms. The molecule has 0 aromatic heterocycles. The van der Waals surface area contributed by atoms with Crippen molar-refractivity contribution in [2.45, 2.75) is 24.3 Å². The fourth-order valence-corrected chi connectivity index (χ4v) is 3.54. The lowest BCUT2D eigenvalue weighted by atomic mass is 10.1. The van der Waals surface area contributed by atoms with Gasteiger partial charge in [-0.1, -0.05) is 30.3 Å². The number of carbonyl (C=O) groups is 1. The van der Waals surface area contributed by atoms with Gasteiger partial charge in [-0.05, 0) is 43.2 Å². The zero-order valence-electron chi connectivity index (χ0n) is 14.2. The highest BCUT2D eigenvalue weighted by molar-refractivity contribution is 7.89. The predicted octanol–water partition coefficient (Wildman–Crippen LogP) is 1.72. The van der Waals surface area contributed by atoms with Crippen LogP contribution in [0.1, 0.15) is 12.5 Å². The fourth-order valence-electron chi connectivity index (χ4n) is 2.35. The van der Waals surface area contributed by atoms with Gasteiger partial charge in [0.15, 0.2) is 0 Å². The van der Waals surface area contributed by atoms with Crippen molar-refractivity contribution in [3.05, 3.63) is 60.2 Å². The van der Waals surface area contributed by atoms with Crippen LogP contribution in [0.4, 0.5) is 0 Å². The van der Waals surface area contributed by atoms with Gasteiger partial charge in [-0.2, -0.15) is 4.72 Å². The van der Waals surface area contributed by atoms with E-state index in [1.165, 1.54) is 19.2 Å². The van der Waals surface area contributed by atoms with Crippen LogP contribution < -0.4 is 14.8 Å². The van der Waals surface area contributed by atoms with Crippen LogP contribution in [0, 0.1) is 0 Å². The van der Waals surface area contributed by atoms with E-state index in [0.29, 0.717) is 12.4 Å². The molecule has 0 aliphatic heterocycles. The summed E-state index contributed by atoms with van der Waals surface area (Å²) in [5.41, 5.74) is 0.866. The highest BCUT2D eigenvalue weighted by Crippen LogP contribution is 2.16. The molecule has 1 amide bonds. The largest absolute Gasteiger partial charge is 0.494 e. The summed E-state index contributed by atoms with van der Waals surface area (Å²) in [5.74, 6) is 0.201. The second-order valence-corrected chi connectivity index (χ2v) is 7.10. The van der Waals surface area contributed by atoms with Crippen molar-refractivity contribution in [1.82, 2.24) is 10.0 Å². The number of benzene rings is 2. The predicted molar refractivity (Wildman–Crippen MR) is 95.9 cm³/mol. The molecule has 0 aliphatic rings. The van der Waals surface area contributed by atoms with Crippen LogP contribution in [-0.2, 0) is 21.2 Å². The number of nitrogens with one attached hydrogen (secondary N) is 2. The van der Waals surface area contributed by atoms with E-state index in [9.17, 15) is 13.2 Å². The Morgan fingerprint density at radius 1 is 1.08 bits per heavy atom. The Balaban J connectivity index is 2.19. The first-order valence-corrected chi connectivity index (χ1v) is 9.45. The molecule has 0 saturated carbocycles. The van der Waals surface area contributed by atoms with E-state index in [4.69, 9.17) is 4.74 Å². The van der Waals surface area contributed by atoms with Gasteiger partial charge in [0, 0.05) is 7.05 Å². The third kappa shape index (κ3) is 5.30. The highest BCUT2D eigenvalue weighted by atomic mass is 32.2. The molecule has 0 radical (unpaired) electrons. The quantitative estimate of drug-likeness (QED) is 0.749. The number of amides is 1. The minimum atomic E-state index is -3.83. The van der Waals surface area contributed by atoms with E-state index in [1.54, 1.807) is 12.1 Å². The molecule has 0 fully saturated rings. The third-order valence-electron chi connectivity index (χ3n) is 3.59. The number of carbonyl (C=O) groups excluding carboxylic acids is 1. The number of sulfonamides is 1. The SMILES string of the molecule is CCOc1ccc(S(=O)(=O)N[C@H](Cc2ccccc2)C(=O)NC)cc1. The molecule has 2 aromatic carbocycles. The Bertz CT molecular complexity index is 790. The molecule has 25 heavy (non-hydrogen) atoms. The lowest BCUT2D eigenvalue weighted by molar-refractivity contribution is -0.122. The Morgan fingerprint density at radius 3 is 2.28 bits per heavy atom. The molecular formula is C18H22N2O4S. The molecular weight excluding hydrogens is 340 g/mol. The lowest BCUT2D eigenvalue weighted by Crippen LogP contribution is -2.46. The number of rotatable bonds is 8. The summed E-state index contributed by atoms with van der Waals surface area (Å²) in [6.07, 6.45) is 0.261. The first-order chi connectivity index (χ1) is 12.0. The molecule has 2 aromatic rings. The van der Waals surface area contributed by atoms with Crippen molar-refractivity contribution in [2.24, 2.45) is 0 Å². The standard InChI is InChI=1S/C18H22N2O4S/c1-3-24-15-9-11-16(12-10-15)25(22,23)20-17(18(21)19-2)13-14-7-5-4-6-8-14/h4-12,17,20H,3,13H2,1-2H3,(H,19,21)/t17-/m1/s1. The molecule has 1 atom stereocenters. The Kier molecular flexibility index (Phi) is 6.55. The van der Waals surface area contributed by atoms with Crippen molar-refractivity contribution < 1.29 is 17.9 Å². The number of hydrogen-bond donors (Lipinski definition) is 2. The summed E-state index contributed by atoms with van der Waals surface area (Å²) in [6.45, 7) is 2.35. The highest BCUT2D eigenvalue weighted by Gasteiger charge is 2.25. The van der Waals surface area contributed by atoms with Crippen LogP contribution in [0.15, 0.2) is 59.5 Å². The van der Waals surface area contributed by atoms with Crippen LogP contribution in [-0.4, -0.2) is 34.0 Å². The zero-order valence-corrected chi connectivity index (χ0v) is 15.0. The van der Waals surface area contributed by atoms with E-state index in [1.807, 2.05) is 37.3 Å².